The summed E-state index contributed by atoms with van der Waals surface area (Å²) in [4.78, 5) is 0. The Bertz CT molecular complexity index is 655. The molecule has 2 rings (SSSR count). The first-order valence-electron chi connectivity index (χ1n) is 6.93. The molecule has 0 heterocycles. The number of rotatable bonds is 5. The minimum atomic E-state index is -0.0495. The number of hydrogen-bond acceptors (Lipinski definition) is 2. The second kappa shape index (κ2) is 6.64. The smallest absolute Gasteiger partial charge is 0.130 e. The highest BCUT2D eigenvalue weighted by molar-refractivity contribution is 6.34. The lowest BCUT2D eigenvalue weighted by Crippen LogP contribution is -2.11. The van der Waals surface area contributed by atoms with Crippen molar-refractivity contribution in [3.8, 4) is 11.5 Å². The molecule has 0 aliphatic rings. The molecule has 0 saturated heterocycles. The number of nitrogen functional groups attached to an aromatic ring is 1. The number of hydrogen-bond donors (Lipinski definition) is 2. The Balaban J connectivity index is 2.31. The molecule has 0 radical (unpaired) electrons. The Morgan fingerprint density at radius 3 is 2.62 bits per heavy atom. The highest BCUT2D eigenvalue weighted by Crippen LogP contribution is 2.33. The Morgan fingerprint density at radius 1 is 1.29 bits per heavy atom. The van der Waals surface area contributed by atoms with Crippen LogP contribution in [0.25, 0.3) is 0 Å². The number of benzene rings is 2. The van der Waals surface area contributed by atoms with Crippen molar-refractivity contribution >= 4 is 17.4 Å². The third-order valence-corrected chi connectivity index (χ3v) is 3.83. The van der Waals surface area contributed by atoms with Gasteiger partial charge in [-0.05, 0) is 36.1 Å². The second-order valence-electron chi connectivity index (χ2n) is 5.00. The summed E-state index contributed by atoms with van der Waals surface area (Å²) < 4.78 is 5.95. The van der Waals surface area contributed by atoms with Crippen LogP contribution in [0.1, 0.15) is 37.3 Å². The van der Waals surface area contributed by atoms with Crippen molar-refractivity contribution < 1.29 is 4.74 Å². The quantitative estimate of drug-likeness (QED) is 0.607. The van der Waals surface area contributed by atoms with Gasteiger partial charge in [0.25, 0.3) is 0 Å². The van der Waals surface area contributed by atoms with E-state index in [9.17, 15) is 0 Å². The predicted octanol–water partition coefficient (Wildman–Crippen LogP) is 4.93. The van der Waals surface area contributed by atoms with Gasteiger partial charge in [-0.1, -0.05) is 43.6 Å². The van der Waals surface area contributed by atoms with Crippen LogP contribution in [0.15, 0.2) is 42.5 Å². The van der Waals surface area contributed by atoms with E-state index >= 15 is 0 Å². The Morgan fingerprint density at radius 2 is 2.00 bits per heavy atom. The van der Waals surface area contributed by atoms with Gasteiger partial charge in [0, 0.05) is 11.6 Å². The van der Waals surface area contributed by atoms with Crippen LogP contribution in [0.3, 0.4) is 0 Å². The predicted molar refractivity (Wildman–Crippen MR) is 87.7 cm³/mol. The lowest BCUT2D eigenvalue weighted by atomic mass is 9.98. The molecule has 3 nitrogen and oxygen atoms in total. The molecule has 0 amide bonds. The minimum absolute atomic E-state index is 0.0495. The lowest BCUT2D eigenvalue weighted by Gasteiger charge is -2.16. The van der Waals surface area contributed by atoms with Crippen LogP contribution < -0.4 is 10.5 Å². The van der Waals surface area contributed by atoms with Crippen LogP contribution in [0.5, 0.6) is 11.5 Å². The lowest BCUT2D eigenvalue weighted by molar-refractivity contribution is 0.470. The number of nitrogens with two attached hydrogens (primary N) is 1. The van der Waals surface area contributed by atoms with Crippen LogP contribution in [-0.4, -0.2) is 5.84 Å². The van der Waals surface area contributed by atoms with E-state index in [1.54, 1.807) is 18.2 Å². The van der Waals surface area contributed by atoms with Crippen LogP contribution in [-0.2, 0) is 0 Å². The number of nitrogens with one attached hydrogen (secondary N) is 1. The third kappa shape index (κ3) is 3.56. The fraction of sp³-hybridized carbons (Fsp3) is 0.235. The van der Waals surface area contributed by atoms with Gasteiger partial charge in [0.2, 0.25) is 0 Å². The highest BCUT2D eigenvalue weighted by Gasteiger charge is 2.11. The maximum Gasteiger partial charge on any atom is 0.130 e. The summed E-state index contributed by atoms with van der Waals surface area (Å²) in [5.74, 6) is 1.85. The van der Waals surface area contributed by atoms with E-state index in [1.165, 1.54) is 5.56 Å². The molecule has 4 heteroatoms. The van der Waals surface area contributed by atoms with Crippen molar-refractivity contribution in [2.24, 2.45) is 5.73 Å². The summed E-state index contributed by atoms with van der Waals surface area (Å²) in [6, 6.07) is 13.2. The van der Waals surface area contributed by atoms with Gasteiger partial charge in [-0.2, -0.15) is 0 Å². The minimum Gasteiger partial charge on any atom is -0.457 e. The molecule has 110 valence electrons. The van der Waals surface area contributed by atoms with Gasteiger partial charge in [0.1, 0.15) is 17.3 Å². The van der Waals surface area contributed by atoms with Crippen molar-refractivity contribution in [2.75, 3.05) is 0 Å². The molecular weight excluding hydrogens is 284 g/mol. The molecule has 1 atom stereocenters. The molecule has 0 aromatic heterocycles. The Labute approximate surface area is 130 Å². The largest absolute Gasteiger partial charge is 0.457 e. The fourth-order valence-electron chi connectivity index (χ4n) is 2.11. The normalized spacial score (nSPS) is 12.0. The Hall–Kier alpha value is -2.00. The molecule has 1 unspecified atom stereocenters. The zero-order valence-electron chi connectivity index (χ0n) is 12.2. The summed E-state index contributed by atoms with van der Waals surface area (Å²) >= 11 is 6.12. The van der Waals surface area contributed by atoms with E-state index in [4.69, 9.17) is 27.5 Å². The van der Waals surface area contributed by atoms with Gasteiger partial charge < -0.3 is 10.5 Å². The van der Waals surface area contributed by atoms with Crippen molar-refractivity contribution in [1.82, 2.24) is 0 Å². The maximum absolute atomic E-state index is 7.44. The van der Waals surface area contributed by atoms with Gasteiger partial charge in [0.05, 0.1) is 5.02 Å². The summed E-state index contributed by atoms with van der Waals surface area (Å²) in [6.07, 6.45) is 1.05. The van der Waals surface area contributed by atoms with E-state index < -0.39 is 0 Å². The van der Waals surface area contributed by atoms with Crippen molar-refractivity contribution in [3.05, 3.63) is 58.6 Å². The van der Waals surface area contributed by atoms with E-state index in [0.717, 1.165) is 12.2 Å². The number of amidine groups is 1. The van der Waals surface area contributed by atoms with E-state index in [-0.39, 0.29) is 5.84 Å². The molecule has 0 aliphatic heterocycles. The zero-order valence-corrected chi connectivity index (χ0v) is 12.9. The Kier molecular flexibility index (Phi) is 4.86. The molecular formula is C17H19ClN2O. The van der Waals surface area contributed by atoms with Crippen molar-refractivity contribution in [3.63, 3.8) is 0 Å². The zero-order chi connectivity index (χ0) is 15.4. The summed E-state index contributed by atoms with van der Waals surface area (Å²) in [5, 5.41) is 7.85. The number of para-hydroxylation sites is 1. The maximum atomic E-state index is 7.44. The molecule has 3 N–H and O–H groups in total. The van der Waals surface area contributed by atoms with Gasteiger partial charge in [-0.15, -0.1) is 0 Å². The molecule has 2 aromatic rings. The highest BCUT2D eigenvalue weighted by atomic mass is 35.5. The van der Waals surface area contributed by atoms with Crippen molar-refractivity contribution in [2.45, 2.75) is 26.2 Å². The second-order valence-corrected chi connectivity index (χ2v) is 5.41. The van der Waals surface area contributed by atoms with E-state index in [1.807, 2.05) is 18.2 Å². The first-order chi connectivity index (χ1) is 10.0. The molecule has 0 aliphatic carbocycles. The van der Waals surface area contributed by atoms with Crippen LogP contribution in [0.4, 0.5) is 0 Å². The topological polar surface area (TPSA) is 59.1 Å². The van der Waals surface area contributed by atoms with Crippen LogP contribution in [0.2, 0.25) is 5.02 Å². The monoisotopic (exact) mass is 302 g/mol. The van der Waals surface area contributed by atoms with Crippen LogP contribution in [0, 0.1) is 5.41 Å². The average molecular weight is 303 g/mol. The van der Waals surface area contributed by atoms with E-state index in [0.29, 0.717) is 22.3 Å². The molecule has 2 aromatic carbocycles. The molecule has 0 fully saturated rings. The number of ether oxygens (including phenoxy) is 1. The molecule has 0 spiro atoms. The standard InChI is InChI=1S/C17H19ClN2O/c1-3-11(2)13-6-4-5-7-16(13)21-12-8-9-14(17(19)20)15(18)10-12/h4-11H,3H2,1-2H3,(H3,19,20). The first kappa shape index (κ1) is 15.4. The van der Waals surface area contributed by atoms with Crippen LogP contribution >= 0.6 is 11.6 Å². The summed E-state index contributed by atoms with van der Waals surface area (Å²) in [5.41, 5.74) is 7.14. The van der Waals surface area contributed by atoms with Gasteiger partial charge >= 0.3 is 0 Å². The fourth-order valence-corrected chi connectivity index (χ4v) is 2.38. The van der Waals surface area contributed by atoms with Gasteiger partial charge in [0.15, 0.2) is 0 Å². The molecule has 0 bridgehead atoms. The van der Waals surface area contributed by atoms with Crippen molar-refractivity contribution in [1.29, 1.82) is 5.41 Å². The van der Waals surface area contributed by atoms with E-state index in [2.05, 4.69) is 19.9 Å². The number of halogens is 1. The average Bonchev–Trinajstić information content (AvgIpc) is 2.46. The molecule has 0 saturated carbocycles. The third-order valence-electron chi connectivity index (χ3n) is 3.52. The summed E-state index contributed by atoms with van der Waals surface area (Å²) in [6.45, 7) is 4.33. The summed E-state index contributed by atoms with van der Waals surface area (Å²) in [7, 11) is 0. The molecule has 21 heavy (non-hydrogen) atoms. The SMILES string of the molecule is CCC(C)c1ccccc1Oc1ccc(C(=N)N)c(Cl)c1. The first-order valence-corrected chi connectivity index (χ1v) is 7.31. The van der Waals surface area contributed by atoms with Gasteiger partial charge in [-0.25, -0.2) is 0 Å². The van der Waals surface area contributed by atoms with Gasteiger partial charge in [-0.3, -0.25) is 5.41 Å².